The summed E-state index contributed by atoms with van der Waals surface area (Å²) in [5.74, 6) is -0.467. The number of ether oxygens (including phenoxy) is 1. The number of carbonyl (C=O) groups excluding carboxylic acids is 2. The number of amides is 1. The van der Waals surface area contributed by atoms with E-state index in [2.05, 4.69) is 15.4 Å². The van der Waals surface area contributed by atoms with Crippen molar-refractivity contribution in [2.75, 3.05) is 11.9 Å². The Morgan fingerprint density at radius 1 is 1.12 bits per heavy atom. The first-order valence-corrected chi connectivity index (χ1v) is 11.2. The number of halogens is 2. The zero-order chi connectivity index (χ0) is 24.2. The minimum Gasteiger partial charge on any atom is -0.462 e. The molecule has 4 aromatic rings. The summed E-state index contributed by atoms with van der Waals surface area (Å²) in [6.07, 6.45) is 4.26. The van der Waals surface area contributed by atoms with Crippen molar-refractivity contribution in [1.82, 2.24) is 14.8 Å². The van der Waals surface area contributed by atoms with Gasteiger partial charge in [-0.15, -0.1) is 0 Å². The van der Waals surface area contributed by atoms with E-state index in [1.165, 1.54) is 17.0 Å². The first kappa shape index (κ1) is 23.5. The monoisotopic (exact) mass is 494 g/mol. The van der Waals surface area contributed by atoms with Crippen LogP contribution in [0.2, 0.25) is 10.0 Å². The van der Waals surface area contributed by atoms with Gasteiger partial charge in [0.2, 0.25) is 5.91 Å². The second-order valence-corrected chi connectivity index (χ2v) is 8.16. The van der Waals surface area contributed by atoms with E-state index < -0.39 is 11.9 Å². The summed E-state index contributed by atoms with van der Waals surface area (Å²) in [6.45, 7) is 3.85. The Kier molecular flexibility index (Phi) is 6.95. The molecule has 0 saturated heterocycles. The Morgan fingerprint density at radius 2 is 1.91 bits per heavy atom. The van der Waals surface area contributed by atoms with E-state index in [9.17, 15) is 9.59 Å². The number of hydrogen-bond donors (Lipinski definition) is 1. The van der Waals surface area contributed by atoms with Gasteiger partial charge in [-0.25, -0.2) is 9.78 Å². The Bertz CT molecular complexity index is 1430. The number of nitrogens with one attached hydrogen (secondary N) is 1. The van der Waals surface area contributed by atoms with E-state index in [1.807, 2.05) is 37.3 Å². The Morgan fingerprint density at radius 3 is 2.68 bits per heavy atom. The number of pyridine rings is 1. The molecule has 34 heavy (non-hydrogen) atoms. The number of anilines is 1. The highest BCUT2D eigenvalue weighted by Crippen LogP contribution is 2.25. The molecule has 0 saturated carbocycles. The lowest BCUT2D eigenvalue weighted by molar-refractivity contribution is -0.111. The summed E-state index contributed by atoms with van der Waals surface area (Å²) in [4.78, 5) is 29.9. The standard InChI is InChI=1S/C25H20Cl2N4O3/c1-3-34-25(33)18-14-28-31(22-12-15(2)17-6-4-5-7-21(17)29-22)24(18)30-23(32)11-9-16-8-10-19(26)20(27)13-16/h4-14H,3H2,1-2H3,(H,30,32)/b11-9+. The molecule has 4 rings (SSSR count). The molecule has 0 aliphatic rings. The van der Waals surface area contributed by atoms with E-state index in [-0.39, 0.29) is 18.0 Å². The van der Waals surface area contributed by atoms with Gasteiger partial charge in [0.25, 0.3) is 0 Å². The lowest BCUT2D eigenvalue weighted by atomic mass is 10.1. The maximum Gasteiger partial charge on any atom is 0.343 e. The van der Waals surface area contributed by atoms with E-state index in [0.29, 0.717) is 21.4 Å². The van der Waals surface area contributed by atoms with Gasteiger partial charge in [-0.3, -0.25) is 4.79 Å². The van der Waals surface area contributed by atoms with Crippen LogP contribution in [-0.4, -0.2) is 33.2 Å². The van der Waals surface area contributed by atoms with Crippen LogP contribution in [-0.2, 0) is 9.53 Å². The van der Waals surface area contributed by atoms with Crippen LogP contribution in [0.5, 0.6) is 0 Å². The second-order valence-electron chi connectivity index (χ2n) is 7.35. The fraction of sp³-hybridized carbons (Fsp3) is 0.120. The number of carbonyl (C=O) groups is 2. The highest BCUT2D eigenvalue weighted by atomic mass is 35.5. The molecule has 0 spiro atoms. The molecule has 0 unspecified atom stereocenters. The Labute approximate surface area is 206 Å². The normalized spacial score (nSPS) is 11.2. The van der Waals surface area contributed by atoms with Crippen molar-refractivity contribution in [2.45, 2.75) is 13.8 Å². The Balaban J connectivity index is 1.71. The van der Waals surface area contributed by atoms with Crippen LogP contribution in [0.1, 0.15) is 28.4 Å². The van der Waals surface area contributed by atoms with Crippen molar-refractivity contribution in [3.05, 3.63) is 87.5 Å². The summed E-state index contributed by atoms with van der Waals surface area (Å²) in [5, 5.41) is 8.85. The smallest absolute Gasteiger partial charge is 0.343 e. The molecule has 2 aromatic heterocycles. The number of aromatic nitrogens is 3. The number of para-hydroxylation sites is 1. The predicted octanol–water partition coefficient (Wildman–Crippen LogP) is 5.86. The van der Waals surface area contributed by atoms with E-state index >= 15 is 0 Å². The highest BCUT2D eigenvalue weighted by Gasteiger charge is 2.22. The number of aryl methyl sites for hydroxylation is 1. The summed E-state index contributed by atoms with van der Waals surface area (Å²) in [6, 6.07) is 14.6. The molecule has 7 nitrogen and oxygen atoms in total. The van der Waals surface area contributed by atoms with Gasteiger partial charge in [0.15, 0.2) is 11.6 Å². The molecule has 0 aliphatic carbocycles. The molecule has 0 bridgehead atoms. The molecule has 172 valence electrons. The molecule has 1 amide bonds. The van der Waals surface area contributed by atoms with Crippen LogP contribution in [0.15, 0.2) is 60.8 Å². The maximum absolute atomic E-state index is 12.8. The largest absolute Gasteiger partial charge is 0.462 e. The SMILES string of the molecule is CCOC(=O)c1cnn(-c2cc(C)c3ccccc3n2)c1NC(=O)/C=C/c1ccc(Cl)c(Cl)c1. The van der Waals surface area contributed by atoms with Crippen molar-refractivity contribution in [2.24, 2.45) is 0 Å². The second kappa shape index (κ2) is 10.1. The van der Waals surface area contributed by atoms with Crippen molar-refractivity contribution in [1.29, 1.82) is 0 Å². The maximum atomic E-state index is 12.8. The van der Waals surface area contributed by atoms with Crippen LogP contribution in [0.4, 0.5) is 5.82 Å². The molecule has 0 aliphatic heterocycles. The number of fused-ring (bicyclic) bond motifs is 1. The van der Waals surface area contributed by atoms with Crippen molar-refractivity contribution >= 4 is 57.9 Å². The van der Waals surface area contributed by atoms with Crippen LogP contribution in [0.25, 0.3) is 22.8 Å². The van der Waals surface area contributed by atoms with Gasteiger partial charge in [0.05, 0.1) is 28.4 Å². The summed E-state index contributed by atoms with van der Waals surface area (Å²) >= 11 is 12.0. The lowest BCUT2D eigenvalue weighted by Crippen LogP contribution is -2.16. The van der Waals surface area contributed by atoms with Crippen LogP contribution >= 0.6 is 23.2 Å². The molecule has 0 radical (unpaired) electrons. The number of esters is 1. The third kappa shape index (κ3) is 4.95. The fourth-order valence-corrected chi connectivity index (χ4v) is 3.69. The quantitative estimate of drug-likeness (QED) is 0.267. The molecule has 2 aromatic carbocycles. The minimum atomic E-state index is -0.602. The fourth-order valence-electron chi connectivity index (χ4n) is 3.39. The van der Waals surface area contributed by atoms with Gasteiger partial charge in [-0.1, -0.05) is 47.5 Å². The third-order valence-electron chi connectivity index (χ3n) is 5.00. The first-order chi connectivity index (χ1) is 16.4. The van der Waals surface area contributed by atoms with Gasteiger partial charge >= 0.3 is 5.97 Å². The summed E-state index contributed by atoms with van der Waals surface area (Å²) < 4.78 is 6.55. The molecule has 2 heterocycles. The van der Waals surface area contributed by atoms with Crippen LogP contribution < -0.4 is 5.32 Å². The zero-order valence-electron chi connectivity index (χ0n) is 18.4. The van der Waals surface area contributed by atoms with Crippen molar-refractivity contribution < 1.29 is 14.3 Å². The van der Waals surface area contributed by atoms with E-state index in [4.69, 9.17) is 27.9 Å². The molecule has 1 N–H and O–H groups in total. The topological polar surface area (TPSA) is 86.1 Å². The van der Waals surface area contributed by atoms with E-state index in [1.54, 1.807) is 31.2 Å². The number of rotatable bonds is 6. The molecule has 9 heteroatoms. The van der Waals surface area contributed by atoms with E-state index in [0.717, 1.165) is 16.5 Å². The van der Waals surface area contributed by atoms with Gasteiger partial charge < -0.3 is 10.1 Å². The molecule has 0 atom stereocenters. The average Bonchev–Trinajstić information content (AvgIpc) is 3.23. The molecular formula is C25H20Cl2N4O3. The van der Waals surface area contributed by atoms with Gasteiger partial charge in [0, 0.05) is 11.5 Å². The van der Waals surface area contributed by atoms with Crippen LogP contribution in [0.3, 0.4) is 0 Å². The number of benzene rings is 2. The van der Waals surface area contributed by atoms with Gasteiger partial charge in [0.1, 0.15) is 5.56 Å². The minimum absolute atomic E-state index is 0.116. The van der Waals surface area contributed by atoms with Gasteiger partial charge in [-0.05, 0) is 55.3 Å². The highest BCUT2D eigenvalue weighted by molar-refractivity contribution is 6.42. The zero-order valence-corrected chi connectivity index (χ0v) is 19.9. The third-order valence-corrected chi connectivity index (χ3v) is 5.74. The van der Waals surface area contributed by atoms with Crippen molar-refractivity contribution in [3.63, 3.8) is 0 Å². The number of hydrogen-bond acceptors (Lipinski definition) is 5. The summed E-state index contributed by atoms with van der Waals surface area (Å²) in [5.41, 5.74) is 2.55. The first-order valence-electron chi connectivity index (χ1n) is 10.4. The van der Waals surface area contributed by atoms with Crippen LogP contribution in [0, 0.1) is 6.92 Å². The molecular weight excluding hydrogens is 475 g/mol. The average molecular weight is 495 g/mol. The van der Waals surface area contributed by atoms with Gasteiger partial charge in [-0.2, -0.15) is 9.78 Å². The number of nitrogens with zero attached hydrogens (tertiary/aromatic N) is 3. The predicted molar refractivity (Wildman–Crippen MR) is 134 cm³/mol. The lowest BCUT2D eigenvalue weighted by Gasteiger charge is -2.11. The van der Waals surface area contributed by atoms with Crippen molar-refractivity contribution in [3.8, 4) is 5.82 Å². The Hall–Kier alpha value is -3.68. The summed E-state index contributed by atoms with van der Waals surface area (Å²) in [7, 11) is 0. The molecule has 0 fully saturated rings.